The lowest BCUT2D eigenvalue weighted by Crippen LogP contribution is -2.29. The lowest BCUT2D eigenvalue weighted by Gasteiger charge is -2.14. The maximum absolute atomic E-state index is 12.5. The van der Waals surface area contributed by atoms with Crippen molar-refractivity contribution in [3.63, 3.8) is 0 Å². The third-order valence-corrected chi connectivity index (χ3v) is 3.93. The topological polar surface area (TPSA) is 110 Å². The highest BCUT2D eigenvalue weighted by Gasteiger charge is 2.40. The van der Waals surface area contributed by atoms with Gasteiger partial charge in [-0.25, -0.2) is 0 Å². The second kappa shape index (κ2) is 6.16. The molecule has 0 bridgehead atoms. The molecule has 25 heavy (non-hydrogen) atoms. The molecule has 0 aromatic heterocycles. The number of nitrogens with zero attached hydrogens (tertiary/aromatic N) is 2. The number of nitro groups is 1. The fourth-order valence-corrected chi connectivity index (χ4v) is 2.75. The summed E-state index contributed by atoms with van der Waals surface area (Å²) in [6.07, 6.45) is 0. The van der Waals surface area contributed by atoms with Crippen LogP contribution in [-0.2, 0) is 6.54 Å². The van der Waals surface area contributed by atoms with Gasteiger partial charge in [-0.1, -0.05) is 18.2 Å². The second-order valence-corrected chi connectivity index (χ2v) is 5.43. The molecule has 0 spiro atoms. The minimum absolute atomic E-state index is 0.0154. The first-order valence-electron chi connectivity index (χ1n) is 7.38. The predicted molar refractivity (Wildman–Crippen MR) is 87.1 cm³/mol. The van der Waals surface area contributed by atoms with Crippen molar-refractivity contribution in [2.45, 2.75) is 6.54 Å². The highest BCUT2D eigenvalue weighted by molar-refractivity contribution is 6.23. The summed E-state index contributed by atoms with van der Waals surface area (Å²) in [6.45, 7) is -0.0751. The van der Waals surface area contributed by atoms with Crippen LogP contribution < -0.4 is 5.32 Å². The summed E-state index contributed by atoms with van der Waals surface area (Å²) >= 11 is 0. The highest BCUT2D eigenvalue weighted by Crippen LogP contribution is 2.31. The molecule has 0 aliphatic carbocycles. The smallest absolute Gasteiger partial charge is 0.282 e. The first-order valence-corrected chi connectivity index (χ1v) is 7.38. The number of nitrogens with one attached hydrogen (secondary N) is 1. The lowest BCUT2D eigenvalue weighted by atomic mass is 10.1. The van der Waals surface area contributed by atoms with Gasteiger partial charge in [0.2, 0.25) is 0 Å². The van der Waals surface area contributed by atoms with Crippen molar-refractivity contribution in [3.8, 4) is 0 Å². The average Bonchev–Trinajstić information content (AvgIpc) is 2.86. The van der Waals surface area contributed by atoms with Crippen LogP contribution in [-0.4, -0.2) is 34.6 Å². The predicted octanol–water partition coefficient (Wildman–Crippen LogP) is 1.75. The summed E-state index contributed by atoms with van der Waals surface area (Å²) in [5, 5.41) is 13.6. The van der Waals surface area contributed by atoms with Gasteiger partial charge in [-0.05, 0) is 23.8 Å². The molecular weight excluding hydrogens is 326 g/mol. The van der Waals surface area contributed by atoms with Gasteiger partial charge in [0, 0.05) is 18.7 Å². The Balaban J connectivity index is 1.94. The number of benzene rings is 2. The van der Waals surface area contributed by atoms with Gasteiger partial charge in [-0.3, -0.25) is 29.4 Å². The molecule has 2 aromatic rings. The van der Waals surface area contributed by atoms with Crippen LogP contribution in [0.25, 0.3) is 0 Å². The van der Waals surface area contributed by atoms with Crippen LogP contribution in [0.5, 0.6) is 0 Å². The average molecular weight is 339 g/mol. The first-order chi connectivity index (χ1) is 11.9. The Morgan fingerprint density at radius 1 is 1.16 bits per heavy atom. The van der Waals surface area contributed by atoms with E-state index in [9.17, 15) is 24.5 Å². The maximum Gasteiger partial charge on any atom is 0.282 e. The monoisotopic (exact) mass is 339 g/mol. The van der Waals surface area contributed by atoms with Crippen LogP contribution in [0.2, 0.25) is 0 Å². The van der Waals surface area contributed by atoms with Gasteiger partial charge in [-0.15, -0.1) is 0 Å². The largest absolute Gasteiger partial charge is 0.355 e. The number of carbonyl (C=O) groups is 3. The Bertz CT molecular complexity index is 922. The molecule has 8 heteroatoms. The molecular formula is C17H13N3O5. The molecule has 1 aliphatic heterocycles. The molecule has 0 fully saturated rings. The van der Waals surface area contributed by atoms with E-state index >= 15 is 0 Å². The Kier molecular flexibility index (Phi) is 4.02. The van der Waals surface area contributed by atoms with Crippen molar-refractivity contribution in [2.75, 3.05) is 7.05 Å². The number of nitro benzene ring substituents is 1. The van der Waals surface area contributed by atoms with Crippen LogP contribution in [0.15, 0.2) is 42.5 Å². The number of fused-ring (bicyclic) bond motifs is 1. The van der Waals surface area contributed by atoms with Gasteiger partial charge < -0.3 is 5.32 Å². The van der Waals surface area contributed by atoms with E-state index in [2.05, 4.69) is 5.32 Å². The quantitative estimate of drug-likeness (QED) is 0.518. The number of carbonyl (C=O) groups excluding carboxylic acids is 3. The molecule has 0 saturated heterocycles. The highest BCUT2D eigenvalue weighted by atomic mass is 16.6. The Morgan fingerprint density at radius 3 is 2.56 bits per heavy atom. The molecule has 8 nitrogen and oxygen atoms in total. The normalized spacial score (nSPS) is 12.9. The van der Waals surface area contributed by atoms with Gasteiger partial charge in [0.1, 0.15) is 5.56 Å². The van der Waals surface area contributed by atoms with E-state index in [1.165, 1.54) is 25.2 Å². The summed E-state index contributed by atoms with van der Waals surface area (Å²) < 4.78 is 0. The Hall–Kier alpha value is -3.55. The summed E-state index contributed by atoms with van der Waals surface area (Å²) in [4.78, 5) is 48.1. The molecule has 0 saturated carbocycles. The number of rotatable bonds is 4. The van der Waals surface area contributed by atoms with Crippen molar-refractivity contribution in [1.29, 1.82) is 0 Å². The number of amides is 3. The number of hydrogen-bond donors (Lipinski definition) is 1. The van der Waals surface area contributed by atoms with E-state index < -0.39 is 22.4 Å². The molecule has 126 valence electrons. The fourth-order valence-electron chi connectivity index (χ4n) is 2.75. The Labute approximate surface area is 142 Å². The van der Waals surface area contributed by atoms with Gasteiger partial charge in [0.05, 0.1) is 17.0 Å². The van der Waals surface area contributed by atoms with Gasteiger partial charge in [0.15, 0.2) is 0 Å². The molecule has 2 aromatic carbocycles. The molecule has 1 aliphatic rings. The summed E-state index contributed by atoms with van der Waals surface area (Å²) in [7, 11) is 1.50. The van der Waals surface area contributed by atoms with Crippen LogP contribution in [0.1, 0.15) is 36.6 Å². The summed E-state index contributed by atoms with van der Waals surface area (Å²) in [5.41, 5.74) is 0.389. The van der Waals surface area contributed by atoms with E-state index in [4.69, 9.17) is 0 Å². The molecule has 1 heterocycles. The first kappa shape index (κ1) is 16.3. The zero-order valence-corrected chi connectivity index (χ0v) is 13.2. The zero-order valence-electron chi connectivity index (χ0n) is 13.2. The molecule has 1 N–H and O–H groups in total. The second-order valence-electron chi connectivity index (χ2n) is 5.43. The van der Waals surface area contributed by atoms with Gasteiger partial charge in [0.25, 0.3) is 23.4 Å². The summed E-state index contributed by atoms with van der Waals surface area (Å²) in [6, 6.07) is 10.4. The molecule has 3 amide bonds. The molecule has 0 radical (unpaired) electrons. The Morgan fingerprint density at radius 2 is 1.88 bits per heavy atom. The van der Waals surface area contributed by atoms with Crippen LogP contribution in [0.4, 0.5) is 5.69 Å². The third kappa shape index (κ3) is 2.74. The van der Waals surface area contributed by atoms with Crippen LogP contribution >= 0.6 is 0 Å². The molecule has 0 unspecified atom stereocenters. The van der Waals surface area contributed by atoms with E-state index in [1.54, 1.807) is 24.3 Å². The minimum atomic E-state index is -0.711. The summed E-state index contributed by atoms with van der Waals surface area (Å²) in [5.74, 6) is -1.59. The number of hydrogen-bond acceptors (Lipinski definition) is 5. The van der Waals surface area contributed by atoms with Gasteiger partial charge >= 0.3 is 0 Å². The van der Waals surface area contributed by atoms with Crippen molar-refractivity contribution in [3.05, 3.63) is 74.8 Å². The number of imide groups is 1. The molecule has 0 atom stereocenters. The van der Waals surface area contributed by atoms with Crippen molar-refractivity contribution in [2.24, 2.45) is 0 Å². The fraction of sp³-hybridized carbons (Fsp3) is 0.118. The molecule has 3 rings (SSSR count). The standard InChI is InChI=1S/C17H13N3O5/c1-18-15(21)11-5-2-4-10(8-11)9-19-16(22)12-6-3-7-13(20(24)25)14(12)17(19)23/h2-8H,9H2,1H3,(H,18,21). The van der Waals surface area contributed by atoms with E-state index in [0.29, 0.717) is 11.1 Å². The van der Waals surface area contributed by atoms with Gasteiger partial charge in [-0.2, -0.15) is 0 Å². The zero-order chi connectivity index (χ0) is 18.1. The minimum Gasteiger partial charge on any atom is -0.355 e. The van der Waals surface area contributed by atoms with Crippen molar-refractivity contribution >= 4 is 23.4 Å². The maximum atomic E-state index is 12.5. The SMILES string of the molecule is CNC(=O)c1cccc(CN2C(=O)c3cccc([N+](=O)[O-])c3C2=O)c1. The third-order valence-electron chi connectivity index (χ3n) is 3.93. The van der Waals surface area contributed by atoms with E-state index in [-0.39, 0.29) is 23.6 Å². The van der Waals surface area contributed by atoms with Crippen molar-refractivity contribution in [1.82, 2.24) is 10.2 Å². The van der Waals surface area contributed by atoms with E-state index in [0.717, 1.165) is 4.90 Å². The lowest BCUT2D eigenvalue weighted by molar-refractivity contribution is -0.385. The van der Waals surface area contributed by atoms with E-state index in [1.807, 2.05) is 0 Å². The van der Waals surface area contributed by atoms with Crippen LogP contribution in [0.3, 0.4) is 0 Å². The van der Waals surface area contributed by atoms with Crippen molar-refractivity contribution < 1.29 is 19.3 Å². The van der Waals surface area contributed by atoms with Crippen LogP contribution in [0, 0.1) is 10.1 Å².